The van der Waals surface area contributed by atoms with Crippen molar-refractivity contribution in [3.8, 4) is 6.07 Å². The molecule has 1 aromatic rings. The Bertz CT molecular complexity index is 435. The molecule has 0 aliphatic heterocycles. The van der Waals surface area contributed by atoms with E-state index in [-0.39, 0.29) is 5.41 Å². The van der Waals surface area contributed by atoms with Gasteiger partial charge in [-0.25, -0.2) is 0 Å². The van der Waals surface area contributed by atoms with Gasteiger partial charge in [-0.3, -0.25) is 0 Å². The molecule has 0 fully saturated rings. The van der Waals surface area contributed by atoms with Gasteiger partial charge in [0.2, 0.25) is 0 Å². The van der Waals surface area contributed by atoms with E-state index in [0.29, 0.717) is 0 Å². The first-order valence-electron chi connectivity index (χ1n) is 6.85. The van der Waals surface area contributed by atoms with Crippen LogP contribution in [0.3, 0.4) is 0 Å². The van der Waals surface area contributed by atoms with Crippen molar-refractivity contribution >= 4 is 11.8 Å². The first-order chi connectivity index (χ1) is 8.79. The topological polar surface area (TPSA) is 23.8 Å². The fraction of sp³-hybridized carbons (Fsp3) is 0.562. The zero-order chi connectivity index (χ0) is 12.8. The summed E-state index contributed by atoms with van der Waals surface area (Å²) in [5.74, 6) is 2.38. The molecule has 2 heteroatoms. The molecular formula is C16H21NS. The van der Waals surface area contributed by atoms with E-state index >= 15 is 0 Å². The van der Waals surface area contributed by atoms with Crippen molar-refractivity contribution in [2.75, 3.05) is 11.5 Å². The minimum atomic E-state index is -0.0946. The molecule has 1 aliphatic rings. The average Bonchev–Trinajstić information content (AvgIpc) is 2.43. The summed E-state index contributed by atoms with van der Waals surface area (Å²) in [5.41, 5.74) is 2.75. The third-order valence-electron chi connectivity index (χ3n) is 3.91. The molecule has 1 atom stereocenters. The number of rotatable bonds is 5. The summed E-state index contributed by atoms with van der Waals surface area (Å²) < 4.78 is 0. The summed E-state index contributed by atoms with van der Waals surface area (Å²) in [6.07, 6.45) is 5.30. The molecule has 0 radical (unpaired) electrons. The molecule has 0 bridgehead atoms. The number of nitriles is 1. The number of nitrogens with zero attached hydrogens (tertiary/aromatic N) is 1. The molecule has 0 saturated carbocycles. The summed E-state index contributed by atoms with van der Waals surface area (Å²) >= 11 is 1.98. The summed E-state index contributed by atoms with van der Waals surface area (Å²) in [6.45, 7) is 2.20. The molecule has 2 rings (SSSR count). The van der Waals surface area contributed by atoms with Crippen LogP contribution in [0.5, 0.6) is 0 Å². The number of aryl methyl sites for hydroxylation is 1. The first-order valence-corrected chi connectivity index (χ1v) is 8.01. The lowest BCUT2D eigenvalue weighted by Gasteiger charge is -2.32. The van der Waals surface area contributed by atoms with Gasteiger partial charge in [0.1, 0.15) is 0 Å². The standard InChI is InChI=1S/C16H21NS/c1-2-18-11-5-9-16(13-17)10-8-14-6-3-4-7-15(14)12-16/h3-4,6-7H,2,5,8-12H2,1H3. The van der Waals surface area contributed by atoms with Crippen LogP contribution in [0, 0.1) is 16.7 Å². The first kappa shape index (κ1) is 13.5. The average molecular weight is 259 g/mol. The molecule has 1 unspecified atom stereocenters. The van der Waals surface area contributed by atoms with Gasteiger partial charge in [-0.1, -0.05) is 31.2 Å². The molecule has 18 heavy (non-hydrogen) atoms. The molecule has 0 saturated heterocycles. The summed E-state index contributed by atoms with van der Waals surface area (Å²) in [5, 5.41) is 9.57. The zero-order valence-corrected chi connectivity index (χ0v) is 11.9. The second-order valence-corrected chi connectivity index (χ2v) is 6.53. The highest BCUT2D eigenvalue weighted by atomic mass is 32.2. The summed E-state index contributed by atoms with van der Waals surface area (Å²) in [4.78, 5) is 0. The van der Waals surface area contributed by atoms with Gasteiger partial charge in [-0.15, -0.1) is 0 Å². The van der Waals surface area contributed by atoms with Crippen molar-refractivity contribution < 1.29 is 0 Å². The van der Waals surface area contributed by atoms with Gasteiger partial charge in [0.25, 0.3) is 0 Å². The maximum absolute atomic E-state index is 9.57. The summed E-state index contributed by atoms with van der Waals surface area (Å²) in [7, 11) is 0. The molecule has 0 aromatic heterocycles. The highest BCUT2D eigenvalue weighted by Gasteiger charge is 2.33. The second-order valence-electron chi connectivity index (χ2n) is 5.14. The van der Waals surface area contributed by atoms with Gasteiger partial charge in [-0.05, 0) is 54.7 Å². The Labute approximate surface area is 115 Å². The lowest BCUT2D eigenvalue weighted by atomic mass is 9.70. The second kappa shape index (κ2) is 6.29. The monoisotopic (exact) mass is 259 g/mol. The molecule has 1 aromatic carbocycles. The fourth-order valence-corrected chi connectivity index (χ4v) is 3.46. The van der Waals surface area contributed by atoms with Crippen molar-refractivity contribution in [1.29, 1.82) is 5.26 Å². The minimum Gasteiger partial charge on any atom is -0.198 e. The van der Waals surface area contributed by atoms with E-state index in [0.717, 1.165) is 25.7 Å². The maximum Gasteiger partial charge on any atom is 0.0693 e. The number of hydrogen-bond acceptors (Lipinski definition) is 2. The Hall–Kier alpha value is -0.940. The van der Waals surface area contributed by atoms with Crippen LogP contribution >= 0.6 is 11.8 Å². The van der Waals surface area contributed by atoms with Gasteiger partial charge in [-0.2, -0.15) is 17.0 Å². The number of thioether (sulfide) groups is 1. The number of benzene rings is 1. The van der Waals surface area contributed by atoms with E-state index < -0.39 is 0 Å². The highest BCUT2D eigenvalue weighted by molar-refractivity contribution is 7.99. The maximum atomic E-state index is 9.57. The zero-order valence-electron chi connectivity index (χ0n) is 11.1. The van der Waals surface area contributed by atoms with Crippen LogP contribution in [0.2, 0.25) is 0 Å². The van der Waals surface area contributed by atoms with Crippen molar-refractivity contribution in [2.24, 2.45) is 5.41 Å². The van der Waals surface area contributed by atoms with Crippen molar-refractivity contribution in [1.82, 2.24) is 0 Å². The predicted molar refractivity (Wildman–Crippen MR) is 78.7 cm³/mol. The normalized spacial score (nSPS) is 22.2. The Kier molecular flexibility index (Phi) is 4.72. The van der Waals surface area contributed by atoms with Crippen LogP contribution in [-0.4, -0.2) is 11.5 Å². The van der Waals surface area contributed by atoms with E-state index in [1.54, 1.807) is 0 Å². The lowest BCUT2D eigenvalue weighted by Crippen LogP contribution is -2.27. The van der Waals surface area contributed by atoms with Gasteiger partial charge >= 0.3 is 0 Å². The van der Waals surface area contributed by atoms with Gasteiger partial charge in [0, 0.05) is 0 Å². The van der Waals surface area contributed by atoms with Crippen molar-refractivity contribution in [2.45, 2.75) is 39.0 Å². The Morgan fingerprint density at radius 2 is 2.11 bits per heavy atom. The van der Waals surface area contributed by atoms with Gasteiger partial charge in [0.15, 0.2) is 0 Å². The van der Waals surface area contributed by atoms with E-state index in [1.165, 1.54) is 29.1 Å². The minimum absolute atomic E-state index is 0.0946. The van der Waals surface area contributed by atoms with Crippen LogP contribution in [0.15, 0.2) is 24.3 Å². The Morgan fingerprint density at radius 3 is 2.83 bits per heavy atom. The van der Waals surface area contributed by atoms with Gasteiger partial charge in [0.05, 0.1) is 11.5 Å². The largest absolute Gasteiger partial charge is 0.198 e. The van der Waals surface area contributed by atoms with E-state index in [1.807, 2.05) is 11.8 Å². The van der Waals surface area contributed by atoms with Crippen LogP contribution in [0.25, 0.3) is 0 Å². The van der Waals surface area contributed by atoms with Crippen LogP contribution in [0.4, 0.5) is 0 Å². The molecule has 96 valence electrons. The smallest absolute Gasteiger partial charge is 0.0693 e. The quantitative estimate of drug-likeness (QED) is 0.739. The molecule has 0 N–H and O–H groups in total. The highest BCUT2D eigenvalue weighted by Crippen LogP contribution is 2.38. The SMILES string of the molecule is CCSCCCC1(C#N)CCc2ccccc2C1. The van der Waals surface area contributed by atoms with Crippen molar-refractivity contribution in [3.63, 3.8) is 0 Å². The number of hydrogen-bond donors (Lipinski definition) is 0. The molecule has 1 nitrogen and oxygen atoms in total. The van der Waals surface area contributed by atoms with E-state index in [9.17, 15) is 5.26 Å². The third kappa shape index (κ3) is 3.09. The molecular weight excluding hydrogens is 238 g/mol. The van der Waals surface area contributed by atoms with E-state index in [4.69, 9.17) is 0 Å². The van der Waals surface area contributed by atoms with Gasteiger partial charge < -0.3 is 0 Å². The molecule has 0 spiro atoms. The molecule has 0 heterocycles. The van der Waals surface area contributed by atoms with Crippen LogP contribution in [-0.2, 0) is 12.8 Å². The van der Waals surface area contributed by atoms with Crippen LogP contribution < -0.4 is 0 Å². The Morgan fingerprint density at radius 1 is 1.33 bits per heavy atom. The third-order valence-corrected chi connectivity index (χ3v) is 4.89. The Balaban J connectivity index is 2.01. The molecule has 1 aliphatic carbocycles. The van der Waals surface area contributed by atoms with Crippen LogP contribution in [0.1, 0.15) is 37.3 Å². The molecule has 0 amide bonds. The predicted octanol–water partition coefficient (Wildman–Crippen LogP) is 4.22. The fourth-order valence-electron chi connectivity index (χ4n) is 2.82. The lowest BCUT2D eigenvalue weighted by molar-refractivity contribution is 0.314. The van der Waals surface area contributed by atoms with Crippen molar-refractivity contribution in [3.05, 3.63) is 35.4 Å². The number of fused-ring (bicyclic) bond motifs is 1. The summed E-state index contributed by atoms with van der Waals surface area (Å²) in [6, 6.07) is 11.2. The van der Waals surface area contributed by atoms with E-state index in [2.05, 4.69) is 37.3 Å².